The van der Waals surface area contributed by atoms with Crippen LogP contribution in [0, 0.1) is 0 Å². The summed E-state index contributed by atoms with van der Waals surface area (Å²) in [4.78, 5) is 0. The minimum absolute atomic E-state index is 0.0504. The Morgan fingerprint density at radius 1 is 0.469 bits per heavy atom. The van der Waals surface area contributed by atoms with Crippen molar-refractivity contribution in [3.05, 3.63) is 60.7 Å². The first kappa shape index (κ1) is 24.4. The third-order valence-corrected chi connectivity index (χ3v) is 14.1. The van der Waals surface area contributed by atoms with E-state index in [0.717, 1.165) is 11.3 Å². The number of benzene rings is 2. The van der Waals surface area contributed by atoms with Crippen LogP contribution in [-0.2, 0) is 0 Å². The van der Waals surface area contributed by atoms with E-state index in [1.54, 1.807) is 10.6 Å². The van der Waals surface area contributed by atoms with Gasteiger partial charge in [0.1, 0.15) is 0 Å². The summed E-state index contributed by atoms with van der Waals surface area (Å²) in [6, 6.07) is 23.2. The van der Waals surface area contributed by atoms with Crippen LogP contribution in [0.3, 0.4) is 0 Å². The van der Waals surface area contributed by atoms with Gasteiger partial charge < -0.3 is 0 Å². The van der Waals surface area contributed by atoms with E-state index in [0.29, 0.717) is 0 Å². The molecule has 2 saturated carbocycles. The quantitative estimate of drug-likeness (QED) is 0.229. The topological polar surface area (TPSA) is 0 Å². The molecule has 0 spiro atoms. The van der Waals surface area contributed by atoms with E-state index in [1.807, 2.05) is 0 Å². The maximum Gasteiger partial charge on any atom is -0.0169 e. The Morgan fingerprint density at radius 3 is 1.22 bits per heavy atom. The van der Waals surface area contributed by atoms with Crippen LogP contribution in [0.4, 0.5) is 0 Å². The molecule has 0 aliphatic heterocycles. The largest absolute Gasteiger partial charge is 0.0721 e. The van der Waals surface area contributed by atoms with Gasteiger partial charge in [0.2, 0.25) is 0 Å². The van der Waals surface area contributed by atoms with Crippen molar-refractivity contribution in [1.82, 2.24) is 0 Å². The van der Waals surface area contributed by atoms with Gasteiger partial charge >= 0.3 is 0 Å². The van der Waals surface area contributed by atoms with Crippen LogP contribution in [0.25, 0.3) is 0 Å². The van der Waals surface area contributed by atoms with E-state index in [4.69, 9.17) is 0 Å². The molecule has 174 valence electrons. The van der Waals surface area contributed by atoms with Gasteiger partial charge in [-0.15, -0.1) is 0 Å². The van der Waals surface area contributed by atoms with Gasteiger partial charge in [-0.25, -0.2) is 0 Å². The number of hydrogen-bond acceptors (Lipinski definition) is 0. The molecule has 2 aliphatic rings. The van der Waals surface area contributed by atoms with Crippen molar-refractivity contribution in [2.75, 3.05) is 12.3 Å². The maximum atomic E-state index is 2.43. The van der Waals surface area contributed by atoms with Crippen molar-refractivity contribution < 1.29 is 0 Å². The SMILES string of the molecule is c1ccc(P(CCCCCCP(c2ccccc2)C2CCCCC2)C2CCCCC2)cc1. The van der Waals surface area contributed by atoms with Gasteiger partial charge in [0.25, 0.3) is 0 Å². The first-order chi connectivity index (χ1) is 15.9. The van der Waals surface area contributed by atoms with Crippen molar-refractivity contribution in [3.8, 4) is 0 Å². The number of rotatable bonds is 11. The smallest absolute Gasteiger partial charge is 0.0169 e. The van der Waals surface area contributed by atoms with Crippen LogP contribution in [0.1, 0.15) is 89.9 Å². The molecule has 0 amide bonds. The summed E-state index contributed by atoms with van der Waals surface area (Å²) in [5.74, 6) is 0. The standard InChI is InChI=1S/C30H44P2/c1(15-25-31(27-17-7-3-8-18-27)28-19-9-4-10-20-28)2-16-26-32(29-21-11-5-12-22-29)30-23-13-6-14-24-30/h3,5,7-8,11-12,17-18,21-22,28,30H,1-2,4,6,9-10,13-16,19-20,23-26H2. The predicted molar refractivity (Wildman–Crippen MR) is 148 cm³/mol. The molecule has 0 heterocycles. The molecule has 2 aromatic carbocycles. The Labute approximate surface area is 200 Å². The zero-order valence-electron chi connectivity index (χ0n) is 20.1. The van der Waals surface area contributed by atoms with Crippen molar-refractivity contribution in [2.24, 2.45) is 0 Å². The Balaban J connectivity index is 1.25. The lowest BCUT2D eigenvalue weighted by Gasteiger charge is -2.32. The van der Waals surface area contributed by atoms with E-state index in [1.165, 1.54) is 102 Å². The van der Waals surface area contributed by atoms with E-state index in [2.05, 4.69) is 60.7 Å². The highest BCUT2D eigenvalue weighted by Crippen LogP contribution is 2.49. The summed E-state index contributed by atoms with van der Waals surface area (Å²) in [6.07, 6.45) is 23.5. The summed E-state index contributed by atoms with van der Waals surface area (Å²) in [6.45, 7) is 0. The van der Waals surface area contributed by atoms with Gasteiger partial charge in [-0.05, 0) is 72.8 Å². The van der Waals surface area contributed by atoms with Crippen LogP contribution in [0.2, 0.25) is 0 Å². The van der Waals surface area contributed by atoms with Gasteiger partial charge in [0, 0.05) is 0 Å². The molecule has 2 aliphatic carbocycles. The molecule has 0 aromatic heterocycles. The Morgan fingerprint density at radius 2 is 0.844 bits per heavy atom. The van der Waals surface area contributed by atoms with Gasteiger partial charge in [0.05, 0.1) is 0 Å². The monoisotopic (exact) mass is 466 g/mol. The zero-order chi connectivity index (χ0) is 21.8. The van der Waals surface area contributed by atoms with E-state index in [9.17, 15) is 0 Å². The van der Waals surface area contributed by atoms with Gasteiger partial charge in [-0.3, -0.25) is 0 Å². The lowest BCUT2D eigenvalue weighted by molar-refractivity contribution is 0.510. The molecule has 2 heteroatoms. The van der Waals surface area contributed by atoms with Crippen molar-refractivity contribution in [1.29, 1.82) is 0 Å². The molecule has 2 unspecified atom stereocenters. The normalized spacial score (nSPS) is 20.1. The van der Waals surface area contributed by atoms with Crippen molar-refractivity contribution in [2.45, 2.75) is 101 Å². The molecule has 0 N–H and O–H groups in total. The molecular weight excluding hydrogens is 422 g/mol. The van der Waals surface area contributed by atoms with Gasteiger partial charge in [-0.2, -0.15) is 0 Å². The molecular formula is C30H44P2. The van der Waals surface area contributed by atoms with Crippen LogP contribution >= 0.6 is 15.8 Å². The third kappa shape index (κ3) is 7.40. The number of hydrogen-bond donors (Lipinski definition) is 0. The highest BCUT2D eigenvalue weighted by Gasteiger charge is 2.25. The minimum atomic E-state index is 0.0504. The molecule has 2 aromatic rings. The van der Waals surface area contributed by atoms with E-state index < -0.39 is 0 Å². The summed E-state index contributed by atoms with van der Waals surface area (Å²) in [5.41, 5.74) is 2.00. The molecule has 2 atom stereocenters. The van der Waals surface area contributed by atoms with E-state index >= 15 is 0 Å². The summed E-state index contributed by atoms with van der Waals surface area (Å²) in [5, 5.41) is 3.36. The van der Waals surface area contributed by atoms with Gasteiger partial charge in [0.15, 0.2) is 0 Å². The van der Waals surface area contributed by atoms with E-state index in [-0.39, 0.29) is 15.8 Å². The lowest BCUT2D eigenvalue weighted by Crippen LogP contribution is -2.19. The Hall–Kier alpha value is -0.700. The van der Waals surface area contributed by atoms with Crippen LogP contribution in [0.15, 0.2) is 60.7 Å². The second kappa shape index (κ2) is 13.9. The van der Waals surface area contributed by atoms with Crippen molar-refractivity contribution in [3.63, 3.8) is 0 Å². The fourth-order valence-electron chi connectivity index (χ4n) is 5.99. The fraction of sp³-hybridized carbons (Fsp3) is 0.600. The third-order valence-electron chi connectivity index (χ3n) is 7.75. The minimum Gasteiger partial charge on any atom is -0.0721 e. The summed E-state index contributed by atoms with van der Waals surface area (Å²) < 4.78 is 0. The van der Waals surface area contributed by atoms with Crippen LogP contribution < -0.4 is 10.6 Å². The molecule has 0 radical (unpaired) electrons. The maximum absolute atomic E-state index is 2.43. The van der Waals surface area contributed by atoms with Crippen LogP contribution in [-0.4, -0.2) is 23.6 Å². The first-order valence-corrected chi connectivity index (χ1v) is 16.7. The van der Waals surface area contributed by atoms with Crippen molar-refractivity contribution >= 4 is 26.5 Å². The molecule has 4 rings (SSSR count). The summed E-state index contributed by atoms with van der Waals surface area (Å²) in [7, 11) is 0.101. The van der Waals surface area contributed by atoms with Crippen LogP contribution in [0.5, 0.6) is 0 Å². The molecule has 2 fully saturated rings. The molecule has 0 nitrogen and oxygen atoms in total. The predicted octanol–water partition coefficient (Wildman–Crippen LogP) is 8.83. The fourth-order valence-corrected chi connectivity index (χ4v) is 12.3. The molecule has 0 saturated heterocycles. The highest BCUT2D eigenvalue weighted by atomic mass is 31.1. The Kier molecular flexibility index (Phi) is 10.6. The summed E-state index contributed by atoms with van der Waals surface area (Å²) >= 11 is 0. The average Bonchev–Trinajstić information content (AvgIpc) is 2.88. The molecule has 32 heavy (non-hydrogen) atoms. The number of unbranched alkanes of at least 4 members (excludes halogenated alkanes) is 3. The average molecular weight is 467 g/mol. The van der Waals surface area contributed by atoms with Gasteiger partial charge in [-0.1, -0.05) is 128 Å². The Bertz CT molecular complexity index is 666. The zero-order valence-corrected chi connectivity index (χ0v) is 21.9. The lowest BCUT2D eigenvalue weighted by atomic mass is 10.0. The first-order valence-electron chi connectivity index (χ1n) is 13.6. The molecule has 0 bridgehead atoms. The second-order valence-electron chi connectivity index (χ2n) is 10.1. The second-order valence-corrected chi connectivity index (χ2v) is 15.3. The highest BCUT2D eigenvalue weighted by molar-refractivity contribution is 7.66.